The number of carbonyl (C=O) groups is 1. The van der Waals surface area contributed by atoms with E-state index in [0.717, 1.165) is 5.56 Å². The largest absolute Gasteiger partial charge is 0.454 e. The molecule has 3 N–H and O–H groups in total. The van der Waals surface area contributed by atoms with Crippen molar-refractivity contribution >= 4 is 26.1 Å². The van der Waals surface area contributed by atoms with Crippen LogP contribution in [0, 0.1) is 11.3 Å². The minimum atomic E-state index is -4.23. The molecule has 0 radical (unpaired) electrons. The van der Waals surface area contributed by atoms with E-state index in [-0.39, 0.29) is 55.2 Å². The highest BCUT2D eigenvalue weighted by atomic mass is 32.2. The Balaban J connectivity index is 1.16. The maximum absolute atomic E-state index is 14.4. The van der Waals surface area contributed by atoms with Gasteiger partial charge < -0.3 is 34.1 Å². The lowest BCUT2D eigenvalue weighted by Gasteiger charge is -2.35. The number of hydrogen-bond acceptors (Lipinski definition) is 11. The molecule has 0 bridgehead atoms. The number of alkyl carbamates (subject to hydrolysis) is 1. The van der Waals surface area contributed by atoms with Gasteiger partial charge in [0.25, 0.3) is 0 Å². The predicted octanol–water partition coefficient (Wildman–Crippen LogP) is 4.04. The third-order valence-corrected chi connectivity index (χ3v) is 13.2. The third kappa shape index (κ3) is 10.1. The maximum atomic E-state index is 14.4. The highest BCUT2D eigenvalue weighted by molar-refractivity contribution is 7.89. The summed E-state index contributed by atoms with van der Waals surface area (Å²) in [4.78, 5) is 13.5. The number of aliphatic hydroxyl groups excluding tert-OH is 1. The van der Waals surface area contributed by atoms with Crippen LogP contribution in [-0.2, 0) is 40.7 Å². The third-order valence-electron chi connectivity index (χ3n) is 9.91. The summed E-state index contributed by atoms with van der Waals surface area (Å²) < 4.78 is 85.8. The molecule has 3 heterocycles. The van der Waals surface area contributed by atoms with Gasteiger partial charge in [-0.2, -0.15) is 4.31 Å². The number of nitrogens with zero attached hydrogens (tertiary/aromatic N) is 1. The number of ether oxygens (including phenoxy) is 5. The van der Waals surface area contributed by atoms with Crippen LogP contribution in [0.4, 0.5) is 4.79 Å². The van der Waals surface area contributed by atoms with Crippen LogP contribution in [0.15, 0.2) is 88.7 Å². The predicted molar refractivity (Wildman–Crippen MR) is 198 cm³/mol. The molecule has 14 nitrogen and oxygen atoms in total. The van der Waals surface area contributed by atoms with Crippen LogP contribution in [0.3, 0.4) is 0 Å². The molecule has 5 atom stereocenters. The number of aliphatic hydroxyl groups is 1. The van der Waals surface area contributed by atoms with E-state index in [0.29, 0.717) is 43.8 Å². The zero-order valence-corrected chi connectivity index (χ0v) is 32.1. The van der Waals surface area contributed by atoms with Crippen molar-refractivity contribution in [1.29, 1.82) is 0 Å². The minimum absolute atomic E-state index is 0.0154. The Morgan fingerprint density at radius 1 is 0.944 bits per heavy atom. The molecule has 6 rings (SSSR count). The molecular formula is C38H49N3O11S2. The summed E-state index contributed by atoms with van der Waals surface area (Å²) in [6.07, 6.45) is -0.439. The van der Waals surface area contributed by atoms with Crippen molar-refractivity contribution in [3.63, 3.8) is 0 Å². The molecule has 0 saturated carbocycles. The Morgan fingerprint density at radius 3 is 2.43 bits per heavy atom. The summed E-state index contributed by atoms with van der Waals surface area (Å²) in [6.45, 7) is 4.43. The van der Waals surface area contributed by atoms with Crippen LogP contribution in [0.2, 0.25) is 0 Å². The van der Waals surface area contributed by atoms with E-state index in [2.05, 4.69) is 10.0 Å². The number of sulfonamides is 2. The van der Waals surface area contributed by atoms with Gasteiger partial charge in [0.15, 0.2) is 17.8 Å². The van der Waals surface area contributed by atoms with Crippen molar-refractivity contribution in [1.82, 2.24) is 14.3 Å². The number of amides is 1. The quantitative estimate of drug-likeness (QED) is 0.159. The number of carbonyl (C=O) groups excluding carboxylic acids is 1. The lowest BCUT2D eigenvalue weighted by Crippen LogP contribution is -2.52. The Morgan fingerprint density at radius 2 is 1.67 bits per heavy atom. The molecule has 3 aliphatic rings. The molecule has 2 saturated heterocycles. The summed E-state index contributed by atoms with van der Waals surface area (Å²) in [7, 11) is -7.88. The fourth-order valence-electron chi connectivity index (χ4n) is 6.97. The second-order valence-corrected chi connectivity index (χ2v) is 18.3. The van der Waals surface area contributed by atoms with Gasteiger partial charge in [-0.1, -0.05) is 68.8 Å². The monoisotopic (exact) mass is 787 g/mol. The Kier molecular flexibility index (Phi) is 12.8. The standard InChI is InChI=1S/C38H49N3O11S2/c1-38(2,18-9-10-19-39-53(44,45)28-13-7-4-8-14-28)25-41(54(46,47)29-15-16-33-34(22-29)51-26-50-33)23-32(42)31(21-27-11-5-3-6-12-27)40-37(43)52-35-24-49-36-30(35)17-20-48-36/h3-8,11-16,22,30-32,35-36,39,42H,9-10,17-21,23-26H2,1-2H3,(H,40,43)/t30-,31-,32+,35-,36+/m0/s1. The van der Waals surface area contributed by atoms with Crippen molar-refractivity contribution < 1.29 is 50.4 Å². The smallest absolute Gasteiger partial charge is 0.407 e. The number of nitrogens with one attached hydrogen (secondary N) is 2. The van der Waals surface area contributed by atoms with E-state index in [9.17, 15) is 26.7 Å². The molecule has 16 heteroatoms. The number of benzene rings is 3. The highest BCUT2D eigenvalue weighted by Crippen LogP contribution is 2.36. The Hall–Kier alpha value is -3.77. The highest BCUT2D eigenvalue weighted by Gasteiger charge is 2.44. The Bertz CT molecular complexity index is 1930. The van der Waals surface area contributed by atoms with Crippen LogP contribution in [0.25, 0.3) is 0 Å². The molecule has 0 unspecified atom stereocenters. The zero-order valence-electron chi connectivity index (χ0n) is 30.5. The van der Waals surface area contributed by atoms with Crippen molar-refractivity contribution in [2.24, 2.45) is 11.3 Å². The molecule has 3 aromatic rings. The van der Waals surface area contributed by atoms with Gasteiger partial charge in [0, 0.05) is 25.7 Å². The van der Waals surface area contributed by atoms with Crippen LogP contribution >= 0.6 is 0 Å². The van der Waals surface area contributed by atoms with Crippen molar-refractivity contribution in [2.45, 2.75) is 80.3 Å². The Labute approximate surface area is 317 Å². The molecule has 3 aromatic carbocycles. The lowest BCUT2D eigenvalue weighted by atomic mass is 9.87. The maximum Gasteiger partial charge on any atom is 0.407 e. The van der Waals surface area contributed by atoms with Crippen molar-refractivity contribution in [3.8, 4) is 11.5 Å². The summed E-state index contributed by atoms with van der Waals surface area (Å²) in [5, 5.41) is 14.7. The first-order valence-corrected chi connectivity index (χ1v) is 21.1. The van der Waals surface area contributed by atoms with Gasteiger partial charge in [0.1, 0.15) is 6.10 Å². The number of hydrogen-bond donors (Lipinski definition) is 3. The van der Waals surface area contributed by atoms with E-state index in [1.54, 1.807) is 18.2 Å². The van der Waals surface area contributed by atoms with Gasteiger partial charge in [-0.05, 0) is 60.9 Å². The second kappa shape index (κ2) is 17.4. The van der Waals surface area contributed by atoms with Gasteiger partial charge in [-0.15, -0.1) is 0 Å². The van der Waals surface area contributed by atoms with Crippen molar-refractivity contribution in [2.75, 3.05) is 39.6 Å². The molecule has 0 aliphatic carbocycles. The fraction of sp³-hybridized carbons (Fsp3) is 0.500. The molecule has 1 amide bonds. The molecule has 54 heavy (non-hydrogen) atoms. The topological polar surface area (TPSA) is 179 Å². The van der Waals surface area contributed by atoms with E-state index >= 15 is 0 Å². The lowest BCUT2D eigenvalue weighted by molar-refractivity contribution is -0.0907. The van der Waals surface area contributed by atoms with Crippen LogP contribution in [0.5, 0.6) is 11.5 Å². The number of unbranched alkanes of at least 4 members (excludes halogenated alkanes) is 1. The van der Waals surface area contributed by atoms with Crippen molar-refractivity contribution in [3.05, 3.63) is 84.4 Å². The average Bonchev–Trinajstić information content (AvgIpc) is 3.90. The first-order valence-electron chi connectivity index (χ1n) is 18.2. The molecule has 0 aromatic heterocycles. The normalized spacial score (nSPS) is 20.8. The van der Waals surface area contributed by atoms with E-state index in [4.69, 9.17) is 23.7 Å². The summed E-state index contributed by atoms with van der Waals surface area (Å²) in [6, 6.07) is 20.9. The zero-order chi connectivity index (χ0) is 38.3. The molecular weight excluding hydrogens is 739 g/mol. The average molecular weight is 788 g/mol. The molecule has 2 fully saturated rings. The SMILES string of the molecule is CC(C)(CCCCNS(=O)(=O)c1ccccc1)CN(C[C@@H](O)[C@H](Cc1ccccc1)NC(=O)O[C@H]1CO[C@H]2OCC[C@H]21)S(=O)(=O)c1ccc2c(c1)OCO2. The summed E-state index contributed by atoms with van der Waals surface area (Å²) in [5.74, 6) is 0.644. The first-order chi connectivity index (χ1) is 25.8. The van der Waals surface area contributed by atoms with Gasteiger partial charge in [0.05, 0.1) is 41.1 Å². The van der Waals surface area contributed by atoms with Gasteiger partial charge >= 0.3 is 6.09 Å². The molecule has 0 spiro atoms. The van der Waals surface area contributed by atoms with Gasteiger partial charge in [0.2, 0.25) is 26.8 Å². The summed E-state index contributed by atoms with van der Waals surface area (Å²) >= 11 is 0. The van der Waals surface area contributed by atoms with Gasteiger partial charge in [-0.25, -0.2) is 26.4 Å². The number of fused-ring (bicyclic) bond motifs is 2. The van der Waals surface area contributed by atoms with Crippen LogP contribution in [0.1, 0.15) is 45.1 Å². The van der Waals surface area contributed by atoms with E-state index in [1.807, 2.05) is 44.2 Å². The molecule has 3 aliphatic heterocycles. The van der Waals surface area contributed by atoms with E-state index < -0.39 is 56.1 Å². The second-order valence-electron chi connectivity index (χ2n) is 14.6. The van der Waals surface area contributed by atoms with Crippen LogP contribution in [-0.4, -0.2) is 96.5 Å². The summed E-state index contributed by atoms with van der Waals surface area (Å²) in [5.41, 5.74) is 0.217. The minimum Gasteiger partial charge on any atom is -0.454 e. The van der Waals surface area contributed by atoms with E-state index in [1.165, 1.54) is 34.6 Å². The van der Waals surface area contributed by atoms with Crippen LogP contribution < -0.4 is 19.5 Å². The fourth-order valence-corrected chi connectivity index (χ4v) is 9.72. The van der Waals surface area contributed by atoms with Gasteiger partial charge in [-0.3, -0.25) is 0 Å². The first kappa shape index (κ1) is 39.9. The number of rotatable bonds is 18. The molecule has 294 valence electrons.